The van der Waals surface area contributed by atoms with Gasteiger partial charge in [0.2, 0.25) is 0 Å². The second kappa shape index (κ2) is 3.95. The van der Waals surface area contributed by atoms with Crippen LogP contribution in [0.5, 0.6) is 0 Å². The summed E-state index contributed by atoms with van der Waals surface area (Å²) >= 11 is 0. The maximum atomic E-state index is 12.4. The number of nitrogens with one attached hydrogen (secondary N) is 1. The van der Waals surface area contributed by atoms with Gasteiger partial charge in [0.1, 0.15) is 0 Å². The monoisotopic (exact) mass is 252 g/mol. The van der Waals surface area contributed by atoms with Crippen molar-refractivity contribution in [1.29, 1.82) is 0 Å². The molecule has 0 fully saturated rings. The van der Waals surface area contributed by atoms with Gasteiger partial charge in [-0.25, -0.2) is 0 Å². The van der Waals surface area contributed by atoms with Crippen LogP contribution in [0.4, 0.5) is 11.4 Å². The van der Waals surface area contributed by atoms with Crippen LogP contribution < -0.4 is 11.1 Å². The first-order valence-corrected chi connectivity index (χ1v) is 5.93. The summed E-state index contributed by atoms with van der Waals surface area (Å²) in [5.74, 6) is -0.291. The molecule has 94 valence electrons. The van der Waals surface area contributed by atoms with E-state index in [-0.39, 0.29) is 11.6 Å². The fourth-order valence-electron chi connectivity index (χ4n) is 2.38. The van der Waals surface area contributed by atoms with Crippen molar-refractivity contribution in [2.24, 2.45) is 0 Å². The standard InChI is InChI=1S/C15H12N2O2/c1-17-13-7-11-10(6-12(13)16)14(18)8-4-2-3-5-9(8)15(11)19/h2-7,17H,16H2,1H3. The summed E-state index contributed by atoms with van der Waals surface area (Å²) in [5.41, 5.74) is 8.64. The van der Waals surface area contributed by atoms with Crippen LogP contribution in [-0.4, -0.2) is 18.6 Å². The molecular weight excluding hydrogens is 240 g/mol. The predicted molar refractivity (Wildman–Crippen MR) is 73.7 cm³/mol. The number of fused-ring (bicyclic) bond motifs is 2. The van der Waals surface area contributed by atoms with Gasteiger partial charge in [-0.2, -0.15) is 0 Å². The molecular formula is C15H12N2O2. The normalized spacial score (nSPS) is 12.9. The fourth-order valence-corrected chi connectivity index (χ4v) is 2.38. The molecule has 3 rings (SSSR count). The SMILES string of the molecule is CNc1cc2c(cc1N)C(=O)c1ccccc1C2=O. The second-order valence-electron chi connectivity index (χ2n) is 4.44. The Hall–Kier alpha value is -2.62. The van der Waals surface area contributed by atoms with Crippen LogP contribution in [0, 0.1) is 0 Å². The summed E-state index contributed by atoms with van der Waals surface area (Å²) in [6.07, 6.45) is 0. The first kappa shape index (κ1) is 11.5. The number of rotatable bonds is 1. The molecule has 0 heterocycles. The van der Waals surface area contributed by atoms with E-state index < -0.39 is 0 Å². The van der Waals surface area contributed by atoms with Crippen molar-refractivity contribution in [2.45, 2.75) is 0 Å². The van der Waals surface area contributed by atoms with Crippen LogP contribution in [0.2, 0.25) is 0 Å². The van der Waals surface area contributed by atoms with Crippen LogP contribution in [0.25, 0.3) is 0 Å². The molecule has 0 radical (unpaired) electrons. The van der Waals surface area contributed by atoms with Gasteiger partial charge in [0.15, 0.2) is 11.6 Å². The zero-order valence-electron chi connectivity index (χ0n) is 10.4. The Morgan fingerprint density at radius 1 is 0.895 bits per heavy atom. The van der Waals surface area contributed by atoms with Crippen LogP contribution in [0.1, 0.15) is 31.8 Å². The van der Waals surface area contributed by atoms with E-state index in [2.05, 4.69) is 5.32 Å². The highest BCUT2D eigenvalue weighted by atomic mass is 16.1. The number of hydrogen-bond donors (Lipinski definition) is 2. The average Bonchev–Trinajstić information content (AvgIpc) is 2.44. The maximum absolute atomic E-state index is 12.4. The molecule has 0 aromatic heterocycles. The lowest BCUT2D eigenvalue weighted by Gasteiger charge is -2.19. The Labute approximate surface area is 110 Å². The molecule has 0 saturated carbocycles. The van der Waals surface area contributed by atoms with E-state index in [9.17, 15) is 9.59 Å². The first-order valence-electron chi connectivity index (χ1n) is 5.93. The third kappa shape index (κ3) is 1.53. The minimum Gasteiger partial charge on any atom is -0.397 e. The van der Waals surface area contributed by atoms with E-state index in [1.54, 1.807) is 43.4 Å². The number of nitrogen functional groups attached to an aromatic ring is 1. The zero-order valence-corrected chi connectivity index (χ0v) is 10.4. The zero-order chi connectivity index (χ0) is 13.6. The largest absolute Gasteiger partial charge is 0.397 e. The number of hydrogen-bond acceptors (Lipinski definition) is 4. The maximum Gasteiger partial charge on any atom is 0.194 e. The minimum atomic E-state index is -0.153. The van der Waals surface area contributed by atoms with Crippen LogP contribution in [0.15, 0.2) is 36.4 Å². The quantitative estimate of drug-likeness (QED) is 0.650. The second-order valence-corrected chi connectivity index (χ2v) is 4.44. The molecule has 0 unspecified atom stereocenters. The van der Waals surface area contributed by atoms with Crippen molar-refractivity contribution < 1.29 is 9.59 Å². The van der Waals surface area contributed by atoms with Crippen LogP contribution in [0.3, 0.4) is 0 Å². The Morgan fingerprint density at radius 2 is 1.42 bits per heavy atom. The number of ketones is 2. The highest BCUT2D eigenvalue weighted by Crippen LogP contribution is 2.32. The molecule has 2 aromatic carbocycles. The molecule has 0 amide bonds. The third-order valence-corrected chi connectivity index (χ3v) is 3.36. The lowest BCUT2D eigenvalue weighted by molar-refractivity contribution is 0.0979. The van der Waals surface area contributed by atoms with Gasteiger partial charge in [-0.3, -0.25) is 9.59 Å². The van der Waals surface area contributed by atoms with Crippen molar-refractivity contribution in [3.8, 4) is 0 Å². The molecule has 3 N–H and O–H groups in total. The number of anilines is 2. The predicted octanol–water partition coefficient (Wildman–Crippen LogP) is 2.09. The smallest absolute Gasteiger partial charge is 0.194 e. The van der Waals surface area contributed by atoms with E-state index in [1.807, 2.05) is 0 Å². The summed E-state index contributed by atoms with van der Waals surface area (Å²) in [6, 6.07) is 10.1. The van der Waals surface area contributed by atoms with Crippen LogP contribution in [-0.2, 0) is 0 Å². The number of carbonyl (C=O) groups excluding carboxylic acids is 2. The van der Waals surface area contributed by atoms with Crippen LogP contribution >= 0.6 is 0 Å². The summed E-state index contributed by atoms with van der Waals surface area (Å²) in [6.45, 7) is 0. The van der Waals surface area contributed by atoms with E-state index >= 15 is 0 Å². The van der Waals surface area contributed by atoms with Gasteiger partial charge >= 0.3 is 0 Å². The van der Waals surface area contributed by atoms with Crippen molar-refractivity contribution in [3.05, 3.63) is 58.7 Å². The van der Waals surface area contributed by atoms with E-state index in [4.69, 9.17) is 5.73 Å². The summed E-state index contributed by atoms with van der Waals surface area (Å²) in [4.78, 5) is 24.8. The molecule has 4 nitrogen and oxygen atoms in total. The Balaban J connectivity index is 2.30. The minimum absolute atomic E-state index is 0.137. The van der Waals surface area contributed by atoms with Gasteiger partial charge < -0.3 is 11.1 Å². The Kier molecular flexibility index (Phi) is 2.38. The summed E-state index contributed by atoms with van der Waals surface area (Å²) in [7, 11) is 1.72. The molecule has 0 spiro atoms. The van der Waals surface area contributed by atoms with Gasteiger partial charge in [0, 0.05) is 29.3 Å². The van der Waals surface area contributed by atoms with Gasteiger partial charge in [-0.15, -0.1) is 0 Å². The third-order valence-electron chi connectivity index (χ3n) is 3.36. The number of nitrogens with two attached hydrogens (primary N) is 1. The van der Waals surface area contributed by atoms with E-state index in [0.29, 0.717) is 33.6 Å². The van der Waals surface area contributed by atoms with Gasteiger partial charge in [0.05, 0.1) is 11.4 Å². The number of carbonyl (C=O) groups is 2. The first-order chi connectivity index (χ1) is 9.13. The molecule has 1 aliphatic rings. The van der Waals surface area contributed by atoms with E-state index in [0.717, 1.165) is 0 Å². The Morgan fingerprint density at radius 3 is 1.95 bits per heavy atom. The molecule has 0 aliphatic heterocycles. The van der Waals surface area contributed by atoms with Crippen molar-refractivity contribution in [1.82, 2.24) is 0 Å². The summed E-state index contributed by atoms with van der Waals surface area (Å²) < 4.78 is 0. The lowest BCUT2D eigenvalue weighted by atomic mass is 9.83. The highest BCUT2D eigenvalue weighted by Gasteiger charge is 2.29. The lowest BCUT2D eigenvalue weighted by Crippen LogP contribution is -2.21. The van der Waals surface area contributed by atoms with Gasteiger partial charge in [0.25, 0.3) is 0 Å². The van der Waals surface area contributed by atoms with Gasteiger partial charge in [-0.05, 0) is 12.1 Å². The average molecular weight is 252 g/mol. The van der Waals surface area contributed by atoms with Gasteiger partial charge in [-0.1, -0.05) is 24.3 Å². The molecule has 0 atom stereocenters. The number of benzene rings is 2. The van der Waals surface area contributed by atoms with Crippen molar-refractivity contribution >= 4 is 22.9 Å². The molecule has 19 heavy (non-hydrogen) atoms. The molecule has 0 bridgehead atoms. The van der Waals surface area contributed by atoms with Crippen molar-refractivity contribution in [2.75, 3.05) is 18.1 Å². The molecule has 0 saturated heterocycles. The van der Waals surface area contributed by atoms with E-state index in [1.165, 1.54) is 0 Å². The summed E-state index contributed by atoms with van der Waals surface area (Å²) in [5, 5.41) is 2.92. The molecule has 2 aromatic rings. The topological polar surface area (TPSA) is 72.2 Å². The highest BCUT2D eigenvalue weighted by molar-refractivity contribution is 6.29. The fraction of sp³-hybridized carbons (Fsp3) is 0.0667. The molecule has 1 aliphatic carbocycles. The Bertz CT molecular complexity index is 720. The van der Waals surface area contributed by atoms with Crippen molar-refractivity contribution in [3.63, 3.8) is 0 Å². The molecule has 4 heteroatoms.